The van der Waals surface area contributed by atoms with Gasteiger partial charge in [0.1, 0.15) is 0 Å². The smallest absolute Gasteiger partial charge is 0.312 e. The van der Waals surface area contributed by atoms with Crippen LogP contribution in [0.5, 0.6) is 0 Å². The molecule has 0 fully saturated rings. The lowest BCUT2D eigenvalue weighted by Gasteiger charge is -1.98. The number of H-pyrrole nitrogens is 1. The molecule has 0 spiro atoms. The van der Waals surface area contributed by atoms with Gasteiger partial charge in [0.15, 0.2) is 0 Å². The number of nitrogens with zero attached hydrogens (tertiary/aromatic N) is 1. The van der Waals surface area contributed by atoms with Crippen molar-refractivity contribution in [2.75, 3.05) is 0 Å². The molecular weight excluding hydrogens is 128 g/mol. The minimum Gasteiger partial charge on any atom is -0.312 e. The highest BCUT2D eigenvalue weighted by atomic mass is 16.1. The minimum atomic E-state index is -0.000602. The number of aromatic nitrogens is 2. The second kappa shape index (κ2) is 2.73. The van der Waals surface area contributed by atoms with Gasteiger partial charge >= 0.3 is 5.69 Å². The summed E-state index contributed by atoms with van der Waals surface area (Å²) in [5, 5.41) is 0. The molecule has 1 aromatic rings. The highest BCUT2D eigenvalue weighted by Crippen LogP contribution is 1.92. The number of aryl methyl sites for hydroxylation is 1. The fraction of sp³-hybridized carbons (Fsp3) is 0.571. The average molecular weight is 140 g/mol. The van der Waals surface area contributed by atoms with E-state index in [1.165, 1.54) is 0 Å². The Labute approximate surface area is 59.7 Å². The largest absolute Gasteiger partial charge is 0.325 e. The summed E-state index contributed by atoms with van der Waals surface area (Å²) in [6, 6.07) is 0. The Kier molecular flexibility index (Phi) is 1.94. The van der Waals surface area contributed by atoms with Gasteiger partial charge in [0, 0.05) is 18.4 Å². The SMILES string of the molecule is CCCn1c(C)c[nH]c1=O. The molecule has 0 atom stereocenters. The third-order valence-corrected chi connectivity index (χ3v) is 1.52. The Bertz CT molecular complexity index is 259. The zero-order valence-corrected chi connectivity index (χ0v) is 6.35. The molecule has 1 aromatic heterocycles. The Morgan fingerprint density at radius 3 is 2.80 bits per heavy atom. The third kappa shape index (κ3) is 1.12. The highest BCUT2D eigenvalue weighted by molar-refractivity contribution is 4.94. The van der Waals surface area contributed by atoms with Crippen LogP contribution in [0.15, 0.2) is 11.0 Å². The maximum Gasteiger partial charge on any atom is 0.325 e. The minimum absolute atomic E-state index is 0.000602. The summed E-state index contributed by atoms with van der Waals surface area (Å²) in [5.41, 5.74) is 1.01. The molecule has 0 aliphatic carbocycles. The molecule has 0 saturated carbocycles. The van der Waals surface area contributed by atoms with Gasteiger partial charge in [-0.2, -0.15) is 0 Å². The molecule has 0 bridgehead atoms. The molecule has 0 aromatic carbocycles. The van der Waals surface area contributed by atoms with Gasteiger partial charge in [-0.1, -0.05) is 6.92 Å². The third-order valence-electron chi connectivity index (χ3n) is 1.52. The number of imidazole rings is 1. The highest BCUT2D eigenvalue weighted by Gasteiger charge is 1.97. The zero-order valence-electron chi connectivity index (χ0n) is 6.35. The Balaban J connectivity index is 2.99. The van der Waals surface area contributed by atoms with E-state index in [9.17, 15) is 4.79 Å². The molecule has 56 valence electrons. The molecule has 1 N–H and O–H groups in total. The van der Waals surface area contributed by atoms with E-state index in [0.717, 1.165) is 18.7 Å². The molecule has 3 heteroatoms. The molecule has 0 radical (unpaired) electrons. The van der Waals surface area contributed by atoms with Crippen LogP contribution in [-0.4, -0.2) is 9.55 Å². The van der Waals surface area contributed by atoms with Crippen molar-refractivity contribution in [3.63, 3.8) is 0 Å². The summed E-state index contributed by atoms with van der Waals surface area (Å²) in [6.07, 6.45) is 2.73. The summed E-state index contributed by atoms with van der Waals surface area (Å²) in [4.78, 5) is 13.6. The van der Waals surface area contributed by atoms with Crippen molar-refractivity contribution in [1.82, 2.24) is 9.55 Å². The van der Waals surface area contributed by atoms with Crippen LogP contribution in [-0.2, 0) is 6.54 Å². The van der Waals surface area contributed by atoms with Crippen LogP contribution in [0.1, 0.15) is 19.0 Å². The second-order valence-corrected chi connectivity index (χ2v) is 2.39. The van der Waals surface area contributed by atoms with Gasteiger partial charge in [-0.05, 0) is 13.3 Å². The fourth-order valence-corrected chi connectivity index (χ4v) is 0.984. The Hall–Kier alpha value is -0.990. The van der Waals surface area contributed by atoms with Crippen LogP contribution in [0.25, 0.3) is 0 Å². The van der Waals surface area contributed by atoms with E-state index >= 15 is 0 Å². The monoisotopic (exact) mass is 140 g/mol. The summed E-state index contributed by atoms with van der Waals surface area (Å²) in [5.74, 6) is 0. The van der Waals surface area contributed by atoms with Crippen molar-refractivity contribution < 1.29 is 0 Å². The van der Waals surface area contributed by atoms with Gasteiger partial charge in [0.25, 0.3) is 0 Å². The first kappa shape index (κ1) is 7.12. The predicted octanol–water partition coefficient (Wildman–Crippen LogP) is 0.895. The van der Waals surface area contributed by atoms with Gasteiger partial charge in [-0.3, -0.25) is 4.57 Å². The van der Waals surface area contributed by atoms with Crippen molar-refractivity contribution >= 4 is 0 Å². The first-order chi connectivity index (χ1) is 4.75. The van der Waals surface area contributed by atoms with Crippen molar-refractivity contribution in [3.05, 3.63) is 22.4 Å². The number of hydrogen-bond acceptors (Lipinski definition) is 1. The zero-order chi connectivity index (χ0) is 7.56. The van der Waals surface area contributed by atoms with E-state index in [0.29, 0.717) is 0 Å². The van der Waals surface area contributed by atoms with Crippen molar-refractivity contribution in [3.8, 4) is 0 Å². The number of aromatic amines is 1. The van der Waals surface area contributed by atoms with Gasteiger partial charge in [-0.25, -0.2) is 4.79 Å². The molecule has 3 nitrogen and oxygen atoms in total. The van der Waals surface area contributed by atoms with Gasteiger partial charge in [0.05, 0.1) is 0 Å². The number of rotatable bonds is 2. The van der Waals surface area contributed by atoms with Gasteiger partial charge in [-0.15, -0.1) is 0 Å². The topological polar surface area (TPSA) is 37.8 Å². The standard InChI is InChI=1S/C7H12N2O/c1-3-4-9-6(2)5-8-7(9)10/h5H,3-4H2,1-2H3,(H,8,10). The second-order valence-electron chi connectivity index (χ2n) is 2.39. The quantitative estimate of drug-likeness (QED) is 0.651. The van der Waals surface area contributed by atoms with E-state index in [2.05, 4.69) is 11.9 Å². The summed E-state index contributed by atoms with van der Waals surface area (Å²) >= 11 is 0. The van der Waals surface area contributed by atoms with Crippen molar-refractivity contribution in [2.45, 2.75) is 26.8 Å². The van der Waals surface area contributed by atoms with Crippen molar-refractivity contribution in [2.24, 2.45) is 0 Å². The first-order valence-corrected chi connectivity index (χ1v) is 3.50. The Morgan fingerprint density at radius 1 is 1.70 bits per heavy atom. The molecule has 0 aliphatic heterocycles. The summed E-state index contributed by atoms with van der Waals surface area (Å²) in [7, 11) is 0. The molecule has 0 saturated heterocycles. The molecule has 0 unspecified atom stereocenters. The molecule has 1 heterocycles. The molecule has 0 amide bonds. The van der Waals surface area contributed by atoms with Crippen LogP contribution in [0.4, 0.5) is 0 Å². The normalized spacial score (nSPS) is 10.2. The molecular formula is C7H12N2O. The number of hydrogen-bond donors (Lipinski definition) is 1. The molecule has 10 heavy (non-hydrogen) atoms. The Morgan fingerprint density at radius 2 is 2.40 bits per heavy atom. The van der Waals surface area contributed by atoms with Crippen LogP contribution >= 0.6 is 0 Å². The van der Waals surface area contributed by atoms with Gasteiger partial charge < -0.3 is 4.98 Å². The predicted molar refractivity (Wildman–Crippen MR) is 40.1 cm³/mol. The van der Waals surface area contributed by atoms with E-state index < -0.39 is 0 Å². The first-order valence-electron chi connectivity index (χ1n) is 3.50. The van der Waals surface area contributed by atoms with E-state index in [4.69, 9.17) is 0 Å². The lowest BCUT2D eigenvalue weighted by atomic mass is 10.4. The fourth-order valence-electron chi connectivity index (χ4n) is 0.984. The molecule has 1 rings (SSSR count). The van der Waals surface area contributed by atoms with Gasteiger partial charge in [0.2, 0.25) is 0 Å². The lowest BCUT2D eigenvalue weighted by molar-refractivity contribution is 0.640. The summed E-state index contributed by atoms with van der Waals surface area (Å²) < 4.78 is 1.74. The average Bonchev–Trinajstić information content (AvgIpc) is 2.20. The lowest BCUT2D eigenvalue weighted by Crippen LogP contribution is -2.17. The van der Waals surface area contributed by atoms with Crippen LogP contribution < -0.4 is 5.69 Å². The maximum absolute atomic E-state index is 10.9. The van der Waals surface area contributed by atoms with E-state index in [1.807, 2.05) is 6.92 Å². The van der Waals surface area contributed by atoms with Crippen LogP contribution in [0.3, 0.4) is 0 Å². The summed E-state index contributed by atoms with van der Waals surface area (Å²) in [6.45, 7) is 4.79. The molecule has 0 aliphatic rings. The number of nitrogens with one attached hydrogen (secondary N) is 1. The van der Waals surface area contributed by atoms with Crippen LogP contribution in [0, 0.1) is 6.92 Å². The van der Waals surface area contributed by atoms with Crippen molar-refractivity contribution in [1.29, 1.82) is 0 Å². The van der Waals surface area contributed by atoms with E-state index in [-0.39, 0.29) is 5.69 Å². The maximum atomic E-state index is 10.9. The van der Waals surface area contributed by atoms with Crippen LogP contribution in [0.2, 0.25) is 0 Å². The van der Waals surface area contributed by atoms with E-state index in [1.54, 1.807) is 10.8 Å².